The minimum absolute atomic E-state index is 0.0637. The fourth-order valence-corrected chi connectivity index (χ4v) is 4.58. The van der Waals surface area contributed by atoms with Gasteiger partial charge in [-0.3, -0.25) is 4.79 Å². The van der Waals surface area contributed by atoms with Crippen LogP contribution in [0.15, 0.2) is 60.2 Å². The highest BCUT2D eigenvalue weighted by atomic mass is 16.5. The molecule has 3 aliphatic rings. The van der Waals surface area contributed by atoms with Gasteiger partial charge in [-0.1, -0.05) is 36.4 Å². The minimum Gasteiger partial charge on any atom is -0.506 e. The predicted octanol–water partition coefficient (Wildman–Crippen LogP) is 3.19. The van der Waals surface area contributed by atoms with Gasteiger partial charge in [0.1, 0.15) is 29.6 Å². The van der Waals surface area contributed by atoms with Crippen molar-refractivity contribution in [3.05, 3.63) is 76.9 Å². The number of nitrogens with zero attached hydrogens (tertiary/aromatic N) is 2. The summed E-state index contributed by atoms with van der Waals surface area (Å²) in [6.45, 7) is 0.590. The SMILES string of the molecule is COC1C=CC(CN2C(=O)C3(COc4cc(O)c(C#N)cc43)c3ccccc32)=CC1. The average molecular weight is 400 g/mol. The number of ether oxygens (including phenoxy) is 2. The molecule has 0 saturated carbocycles. The lowest BCUT2D eigenvalue weighted by molar-refractivity contribution is -0.122. The monoisotopic (exact) mass is 400 g/mol. The molecule has 2 atom stereocenters. The molecule has 1 N–H and O–H groups in total. The van der Waals surface area contributed by atoms with Gasteiger partial charge in [-0.15, -0.1) is 0 Å². The number of phenolic OH excluding ortho intramolecular Hbond substituents is 1. The zero-order chi connectivity index (χ0) is 20.9. The molecule has 0 aromatic heterocycles. The smallest absolute Gasteiger partial charge is 0.246 e. The zero-order valence-electron chi connectivity index (χ0n) is 16.5. The Balaban J connectivity index is 1.59. The Morgan fingerprint density at radius 3 is 2.90 bits per heavy atom. The molecule has 6 nitrogen and oxygen atoms in total. The first kappa shape index (κ1) is 18.5. The van der Waals surface area contributed by atoms with Crippen LogP contribution in [-0.2, 0) is 14.9 Å². The summed E-state index contributed by atoms with van der Waals surface area (Å²) in [7, 11) is 1.68. The number of para-hydroxylation sites is 1. The third-order valence-electron chi connectivity index (χ3n) is 6.17. The van der Waals surface area contributed by atoms with Gasteiger partial charge in [0.25, 0.3) is 0 Å². The topological polar surface area (TPSA) is 82.8 Å². The number of anilines is 1. The highest BCUT2D eigenvalue weighted by molar-refractivity contribution is 6.11. The first-order valence-electron chi connectivity index (χ1n) is 9.80. The zero-order valence-corrected chi connectivity index (χ0v) is 16.5. The lowest BCUT2D eigenvalue weighted by Crippen LogP contribution is -2.43. The number of aromatic hydroxyl groups is 1. The van der Waals surface area contributed by atoms with Gasteiger partial charge < -0.3 is 19.5 Å². The number of phenols is 1. The number of rotatable bonds is 3. The Morgan fingerprint density at radius 1 is 1.33 bits per heavy atom. The van der Waals surface area contributed by atoms with Crippen molar-refractivity contribution in [1.29, 1.82) is 5.26 Å². The number of amides is 1. The van der Waals surface area contributed by atoms with Crippen molar-refractivity contribution in [2.75, 3.05) is 25.2 Å². The van der Waals surface area contributed by atoms with E-state index in [4.69, 9.17) is 9.47 Å². The molecule has 0 radical (unpaired) electrons. The second kappa shape index (κ2) is 6.75. The molecule has 150 valence electrons. The Hall–Kier alpha value is -3.56. The molecule has 2 heterocycles. The summed E-state index contributed by atoms with van der Waals surface area (Å²) >= 11 is 0. The summed E-state index contributed by atoms with van der Waals surface area (Å²) in [5, 5.41) is 19.4. The third-order valence-corrected chi connectivity index (χ3v) is 6.17. The summed E-state index contributed by atoms with van der Waals surface area (Å²) in [4.78, 5) is 15.6. The number of nitriles is 1. The number of methoxy groups -OCH3 is 1. The summed E-state index contributed by atoms with van der Waals surface area (Å²) in [6, 6.07) is 12.7. The van der Waals surface area contributed by atoms with E-state index >= 15 is 0 Å². The van der Waals surface area contributed by atoms with Crippen molar-refractivity contribution in [3.8, 4) is 17.6 Å². The molecule has 1 amide bonds. The maximum Gasteiger partial charge on any atom is 0.246 e. The molecule has 6 heteroatoms. The number of hydrogen-bond donors (Lipinski definition) is 1. The van der Waals surface area contributed by atoms with E-state index < -0.39 is 5.41 Å². The van der Waals surface area contributed by atoms with E-state index in [-0.39, 0.29) is 29.9 Å². The van der Waals surface area contributed by atoms with Crippen LogP contribution in [0.5, 0.6) is 11.5 Å². The number of benzene rings is 2. The number of carbonyl (C=O) groups excluding carboxylic acids is 1. The maximum absolute atomic E-state index is 13.9. The molecular weight excluding hydrogens is 380 g/mol. The molecule has 0 bridgehead atoms. The standard InChI is InChI=1S/C24H20N2O4/c1-29-17-8-6-15(7-9-17)13-26-20-5-3-2-4-18(20)24(23(26)28)14-30-22-11-21(27)16(12-25)10-19(22)24/h2-8,10-11,17,27H,9,13-14H2,1H3. The fraction of sp³-hybridized carbons (Fsp3) is 0.250. The van der Waals surface area contributed by atoms with Gasteiger partial charge >= 0.3 is 0 Å². The molecule has 5 rings (SSSR count). The molecule has 2 aromatic rings. The first-order valence-corrected chi connectivity index (χ1v) is 9.80. The van der Waals surface area contributed by atoms with E-state index in [1.165, 1.54) is 6.07 Å². The molecule has 1 spiro atoms. The molecular formula is C24H20N2O4. The molecule has 1 aliphatic carbocycles. The summed E-state index contributed by atoms with van der Waals surface area (Å²) < 4.78 is 11.2. The number of hydrogen-bond acceptors (Lipinski definition) is 5. The molecule has 0 saturated heterocycles. The number of fused-ring (bicyclic) bond motifs is 4. The van der Waals surface area contributed by atoms with E-state index in [0.717, 1.165) is 23.2 Å². The summed E-state index contributed by atoms with van der Waals surface area (Å²) in [5.74, 6) is 0.213. The van der Waals surface area contributed by atoms with Crippen molar-refractivity contribution in [2.24, 2.45) is 0 Å². The van der Waals surface area contributed by atoms with E-state index in [1.807, 2.05) is 42.5 Å². The third kappa shape index (κ3) is 2.49. The Labute approximate surface area is 174 Å². The van der Waals surface area contributed by atoms with Crippen LogP contribution < -0.4 is 9.64 Å². The fourth-order valence-electron chi connectivity index (χ4n) is 4.58. The van der Waals surface area contributed by atoms with Crippen LogP contribution in [0.25, 0.3) is 0 Å². The minimum atomic E-state index is -1.01. The summed E-state index contributed by atoms with van der Waals surface area (Å²) in [6.07, 6.45) is 6.94. The van der Waals surface area contributed by atoms with E-state index in [1.54, 1.807) is 18.1 Å². The van der Waals surface area contributed by atoms with Crippen LogP contribution in [0.4, 0.5) is 5.69 Å². The van der Waals surface area contributed by atoms with Gasteiger partial charge in [0.15, 0.2) is 0 Å². The van der Waals surface area contributed by atoms with Crippen molar-refractivity contribution >= 4 is 11.6 Å². The Kier molecular flexibility index (Phi) is 4.16. The predicted molar refractivity (Wildman–Crippen MR) is 111 cm³/mol. The maximum atomic E-state index is 13.9. The molecule has 2 aromatic carbocycles. The molecule has 30 heavy (non-hydrogen) atoms. The van der Waals surface area contributed by atoms with Crippen LogP contribution >= 0.6 is 0 Å². The lowest BCUT2D eigenvalue weighted by atomic mass is 9.76. The first-order chi connectivity index (χ1) is 14.6. The number of carbonyl (C=O) groups is 1. The van der Waals surface area contributed by atoms with Crippen LogP contribution in [0.1, 0.15) is 23.1 Å². The molecule has 2 unspecified atom stereocenters. The Bertz CT molecular complexity index is 1160. The van der Waals surface area contributed by atoms with Crippen LogP contribution in [0, 0.1) is 11.3 Å². The van der Waals surface area contributed by atoms with Crippen LogP contribution in [0.2, 0.25) is 0 Å². The highest BCUT2D eigenvalue weighted by Crippen LogP contribution is 2.53. The molecule has 0 fully saturated rings. The Morgan fingerprint density at radius 2 is 2.17 bits per heavy atom. The van der Waals surface area contributed by atoms with Crippen LogP contribution in [-0.4, -0.2) is 37.4 Å². The van der Waals surface area contributed by atoms with Crippen LogP contribution in [0.3, 0.4) is 0 Å². The largest absolute Gasteiger partial charge is 0.506 e. The second-order valence-electron chi connectivity index (χ2n) is 7.73. The van der Waals surface area contributed by atoms with Gasteiger partial charge in [-0.05, 0) is 29.7 Å². The summed E-state index contributed by atoms with van der Waals surface area (Å²) in [5.41, 5.74) is 2.49. The lowest BCUT2D eigenvalue weighted by Gasteiger charge is -2.24. The van der Waals surface area contributed by atoms with Gasteiger partial charge in [0.2, 0.25) is 5.91 Å². The molecule has 2 aliphatic heterocycles. The normalized spacial score (nSPS) is 23.7. The van der Waals surface area contributed by atoms with Crippen molar-refractivity contribution in [2.45, 2.75) is 17.9 Å². The van der Waals surface area contributed by atoms with E-state index in [2.05, 4.69) is 6.08 Å². The highest BCUT2D eigenvalue weighted by Gasteiger charge is 2.57. The van der Waals surface area contributed by atoms with Crippen molar-refractivity contribution < 1.29 is 19.4 Å². The van der Waals surface area contributed by atoms with E-state index in [0.29, 0.717) is 17.9 Å². The van der Waals surface area contributed by atoms with Gasteiger partial charge in [-0.2, -0.15) is 5.26 Å². The van der Waals surface area contributed by atoms with Gasteiger partial charge in [0, 0.05) is 24.4 Å². The quantitative estimate of drug-likeness (QED) is 0.856. The van der Waals surface area contributed by atoms with Gasteiger partial charge in [0.05, 0.1) is 18.2 Å². The van der Waals surface area contributed by atoms with E-state index in [9.17, 15) is 15.2 Å². The van der Waals surface area contributed by atoms with Crippen molar-refractivity contribution in [1.82, 2.24) is 0 Å². The average Bonchev–Trinajstić information content (AvgIpc) is 3.26. The van der Waals surface area contributed by atoms with Gasteiger partial charge in [-0.25, -0.2) is 0 Å². The van der Waals surface area contributed by atoms with Crippen molar-refractivity contribution in [3.63, 3.8) is 0 Å². The second-order valence-corrected chi connectivity index (χ2v) is 7.73.